The molecule has 0 unspecified atom stereocenters. The van der Waals surface area contributed by atoms with E-state index in [1.807, 2.05) is 49.1 Å². The fourth-order valence-electron chi connectivity index (χ4n) is 3.67. The van der Waals surface area contributed by atoms with E-state index in [2.05, 4.69) is 12.1 Å². The highest BCUT2D eigenvalue weighted by Gasteiger charge is 2.31. The number of furan rings is 1. The van der Waals surface area contributed by atoms with Crippen LogP contribution in [-0.4, -0.2) is 41.2 Å². The first-order valence-corrected chi connectivity index (χ1v) is 10.7. The zero-order valence-corrected chi connectivity index (χ0v) is 17.6. The Morgan fingerprint density at radius 1 is 1.03 bits per heavy atom. The maximum atomic E-state index is 13.2. The summed E-state index contributed by atoms with van der Waals surface area (Å²) in [6.45, 7) is 5.76. The summed E-state index contributed by atoms with van der Waals surface area (Å²) in [6, 6.07) is 14.0. The molecule has 1 aromatic carbocycles. The van der Waals surface area contributed by atoms with Gasteiger partial charge in [-0.1, -0.05) is 43.7 Å². The molecule has 156 valence electrons. The van der Waals surface area contributed by atoms with Crippen LogP contribution in [0.1, 0.15) is 49.7 Å². The van der Waals surface area contributed by atoms with Gasteiger partial charge in [-0.2, -0.15) is 0 Å². The van der Waals surface area contributed by atoms with Gasteiger partial charge in [0.2, 0.25) is 11.8 Å². The molecule has 0 atom stereocenters. The highest BCUT2D eigenvalue weighted by Crippen LogP contribution is 2.28. The van der Waals surface area contributed by atoms with Gasteiger partial charge in [0, 0.05) is 19.0 Å². The monoisotopic (exact) mass is 396 g/mol. The molecule has 0 bridgehead atoms. The van der Waals surface area contributed by atoms with Gasteiger partial charge >= 0.3 is 0 Å². The van der Waals surface area contributed by atoms with E-state index < -0.39 is 0 Å². The van der Waals surface area contributed by atoms with E-state index in [9.17, 15) is 9.59 Å². The molecule has 1 saturated carbocycles. The third kappa shape index (κ3) is 5.96. The van der Waals surface area contributed by atoms with Crippen molar-refractivity contribution < 1.29 is 14.0 Å². The molecule has 5 nitrogen and oxygen atoms in total. The van der Waals surface area contributed by atoms with E-state index >= 15 is 0 Å². The number of hydrogen-bond donors (Lipinski definition) is 0. The Balaban J connectivity index is 1.68. The van der Waals surface area contributed by atoms with E-state index in [4.69, 9.17) is 4.42 Å². The second kappa shape index (κ2) is 10.3. The normalized spacial score (nSPS) is 13.7. The van der Waals surface area contributed by atoms with Crippen molar-refractivity contribution in [1.82, 2.24) is 9.80 Å². The van der Waals surface area contributed by atoms with Crippen LogP contribution >= 0.6 is 0 Å². The summed E-state index contributed by atoms with van der Waals surface area (Å²) < 4.78 is 5.71. The summed E-state index contributed by atoms with van der Waals surface area (Å²) in [7, 11) is 0. The molecule has 1 aliphatic rings. The summed E-state index contributed by atoms with van der Waals surface area (Å²) in [4.78, 5) is 29.5. The Morgan fingerprint density at radius 2 is 1.79 bits per heavy atom. The summed E-state index contributed by atoms with van der Waals surface area (Å²) in [6.07, 6.45) is 4.66. The molecule has 29 heavy (non-hydrogen) atoms. The number of hydrogen-bond acceptors (Lipinski definition) is 3. The molecule has 1 fully saturated rings. The number of benzene rings is 1. The second-order valence-corrected chi connectivity index (χ2v) is 7.95. The fourth-order valence-corrected chi connectivity index (χ4v) is 3.67. The van der Waals surface area contributed by atoms with Gasteiger partial charge in [0.05, 0.1) is 13.1 Å². The molecule has 2 amide bonds. The fraction of sp³-hybridized carbons (Fsp3) is 0.500. The standard InChI is InChI=1S/C24H32N2O3/c1-3-15-26(24(28)21-10-7-11-21)18-23(27)25(17-22-13-12-19(2)29-22)16-14-20-8-5-4-6-9-20/h4-6,8-9,12-13,21H,3,7,10-11,14-18H2,1-2H3. The number of carbonyl (C=O) groups is 2. The highest BCUT2D eigenvalue weighted by atomic mass is 16.3. The van der Waals surface area contributed by atoms with Gasteiger partial charge in [0.1, 0.15) is 11.5 Å². The molecule has 1 aromatic heterocycles. The van der Waals surface area contributed by atoms with Crippen LogP contribution in [-0.2, 0) is 22.6 Å². The zero-order chi connectivity index (χ0) is 20.6. The Bertz CT molecular complexity index is 795. The number of rotatable bonds is 10. The first-order valence-electron chi connectivity index (χ1n) is 10.7. The second-order valence-electron chi connectivity index (χ2n) is 7.95. The third-order valence-corrected chi connectivity index (χ3v) is 5.59. The van der Waals surface area contributed by atoms with Gasteiger partial charge < -0.3 is 14.2 Å². The van der Waals surface area contributed by atoms with Gasteiger partial charge in [-0.05, 0) is 50.3 Å². The molecule has 0 N–H and O–H groups in total. The first kappa shape index (κ1) is 21.2. The van der Waals surface area contributed by atoms with Crippen LogP contribution in [0.5, 0.6) is 0 Å². The van der Waals surface area contributed by atoms with Gasteiger partial charge in [-0.3, -0.25) is 9.59 Å². The van der Waals surface area contributed by atoms with Crippen molar-refractivity contribution in [3.63, 3.8) is 0 Å². The van der Waals surface area contributed by atoms with Gasteiger partial charge in [0.15, 0.2) is 0 Å². The molecular formula is C24H32N2O3. The lowest BCUT2D eigenvalue weighted by atomic mass is 9.84. The quantitative estimate of drug-likeness (QED) is 0.605. The van der Waals surface area contributed by atoms with Crippen LogP contribution < -0.4 is 0 Å². The summed E-state index contributed by atoms with van der Waals surface area (Å²) in [5.74, 6) is 1.85. The van der Waals surface area contributed by atoms with Crippen molar-refractivity contribution in [1.29, 1.82) is 0 Å². The molecule has 0 aliphatic heterocycles. The smallest absolute Gasteiger partial charge is 0.242 e. The predicted octanol–water partition coefficient (Wildman–Crippen LogP) is 4.20. The van der Waals surface area contributed by atoms with Gasteiger partial charge in [-0.15, -0.1) is 0 Å². The van der Waals surface area contributed by atoms with Gasteiger partial charge in [-0.25, -0.2) is 0 Å². The summed E-state index contributed by atoms with van der Waals surface area (Å²) in [5, 5.41) is 0. The Kier molecular flexibility index (Phi) is 7.50. The summed E-state index contributed by atoms with van der Waals surface area (Å²) in [5.41, 5.74) is 1.19. The first-order chi connectivity index (χ1) is 14.1. The number of carbonyl (C=O) groups excluding carboxylic acids is 2. The predicted molar refractivity (Wildman–Crippen MR) is 113 cm³/mol. The molecular weight excluding hydrogens is 364 g/mol. The average molecular weight is 397 g/mol. The molecule has 1 heterocycles. The SMILES string of the molecule is CCCN(CC(=O)N(CCc1ccccc1)Cc1ccc(C)o1)C(=O)C1CCC1. The van der Waals surface area contributed by atoms with Gasteiger partial charge in [0.25, 0.3) is 0 Å². The van der Waals surface area contributed by atoms with E-state index in [1.165, 1.54) is 5.56 Å². The van der Waals surface area contributed by atoms with E-state index in [0.717, 1.165) is 43.6 Å². The molecule has 0 radical (unpaired) electrons. The minimum Gasteiger partial charge on any atom is -0.464 e. The maximum absolute atomic E-state index is 13.2. The van der Waals surface area contributed by atoms with E-state index in [0.29, 0.717) is 19.6 Å². The van der Waals surface area contributed by atoms with Crippen LogP contribution in [0.3, 0.4) is 0 Å². The Morgan fingerprint density at radius 3 is 2.38 bits per heavy atom. The minimum absolute atomic E-state index is 0.0175. The van der Waals surface area contributed by atoms with Crippen LogP contribution in [0.2, 0.25) is 0 Å². The molecule has 5 heteroatoms. The lowest BCUT2D eigenvalue weighted by Crippen LogP contribution is -2.46. The van der Waals surface area contributed by atoms with Crippen molar-refractivity contribution in [3.8, 4) is 0 Å². The topological polar surface area (TPSA) is 53.8 Å². The van der Waals surface area contributed by atoms with Crippen molar-refractivity contribution in [2.24, 2.45) is 5.92 Å². The van der Waals surface area contributed by atoms with Crippen LogP contribution in [0, 0.1) is 12.8 Å². The molecule has 0 spiro atoms. The molecule has 2 aromatic rings. The minimum atomic E-state index is -0.0175. The lowest BCUT2D eigenvalue weighted by Gasteiger charge is -2.32. The van der Waals surface area contributed by atoms with Crippen molar-refractivity contribution in [2.45, 2.75) is 52.5 Å². The maximum Gasteiger partial charge on any atom is 0.242 e. The number of aryl methyl sites for hydroxylation is 1. The largest absolute Gasteiger partial charge is 0.464 e. The zero-order valence-electron chi connectivity index (χ0n) is 17.6. The lowest BCUT2D eigenvalue weighted by molar-refractivity contribution is -0.145. The van der Waals surface area contributed by atoms with Crippen molar-refractivity contribution in [2.75, 3.05) is 19.6 Å². The van der Waals surface area contributed by atoms with Crippen LogP contribution in [0.25, 0.3) is 0 Å². The molecule has 3 rings (SSSR count). The number of amides is 2. The summed E-state index contributed by atoms with van der Waals surface area (Å²) >= 11 is 0. The third-order valence-electron chi connectivity index (χ3n) is 5.59. The Hall–Kier alpha value is -2.56. The molecule has 0 saturated heterocycles. The number of nitrogens with zero attached hydrogens (tertiary/aromatic N) is 2. The Labute approximate surface area is 173 Å². The van der Waals surface area contributed by atoms with Crippen LogP contribution in [0.4, 0.5) is 0 Å². The highest BCUT2D eigenvalue weighted by molar-refractivity contribution is 5.86. The van der Waals surface area contributed by atoms with Crippen molar-refractivity contribution in [3.05, 3.63) is 59.5 Å². The average Bonchev–Trinajstić information content (AvgIpc) is 3.09. The van der Waals surface area contributed by atoms with E-state index in [-0.39, 0.29) is 24.3 Å². The van der Waals surface area contributed by atoms with Crippen molar-refractivity contribution >= 4 is 11.8 Å². The molecule has 1 aliphatic carbocycles. The van der Waals surface area contributed by atoms with Crippen LogP contribution in [0.15, 0.2) is 46.9 Å². The van der Waals surface area contributed by atoms with E-state index in [1.54, 1.807) is 4.90 Å².